The lowest BCUT2D eigenvalue weighted by molar-refractivity contribution is 0.312. The van der Waals surface area contributed by atoms with Gasteiger partial charge in [-0.15, -0.1) is 5.10 Å². The number of ether oxygens (including phenoxy) is 1. The maximum absolute atomic E-state index is 5.35. The molecule has 4 nitrogen and oxygen atoms in total. The molecule has 0 fully saturated rings. The van der Waals surface area contributed by atoms with E-state index in [-0.39, 0.29) is 11.0 Å². The molecule has 0 saturated heterocycles. The van der Waals surface area contributed by atoms with Crippen LogP contribution in [0.25, 0.3) is 0 Å². The zero-order chi connectivity index (χ0) is 13.3. The second kappa shape index (κ2) is 4.51. The van der Waals surface area contributed by atoms with Crippen LogP contribution in [-0.4, -0.2) is 30.2 Å². The molecule has 0 spiro atoms. The molecule has 96 valence electrons. The van der Waals surface area contributed by atoms with E-state index < -0.39 is 0 Å². The molecule has 1 heterocycles. The van der Waals surface area contributed by atoms with Crippen LogP contribution < -0.4 is 4.74 Å². The van der Waals surface area contributed by atoms with Crippen LogP contribution in [0.15, 0.2) is 11.2 Å². The molecule has 1 rings (SSSR count). The molecule has 1 aromatic heterocycles. The molecule has 17 heavy (non-hydrogen) atoms. The third kappa shape index (κ3) is 2.87. The number of aliphatic imine (C=N–C) groups is 1. The van der Waals surface area contributed by atoms with Crippen LogP contribution in [-0.2, 0) is 11.0 Å². The van der Waals surface area contributed by atoms with Crippen LogP contribution in [0.5, 0.6) is 5.88 Å². The van der Waals surface area contributed by atoms with Gasteiger partial charge in [-0.25, -0.2) is 0 Å². The Hall–Kier alpha value is -1.32. The van der Waals surface area contributed by atoms with E-state index in [1.165, 1.54) is 0 Å². The van der Waals surface area contributed by atoms with Crippen molar-refractivity contribution in [1.82, 2.24) is 9.78 Å². The van der Waals surface area contributed by atoms with E-state index in [1.54, 1.807) is 7.11 Å². The standard InChI is InChI=1S/C13H23N3O/c1-12(2,3)10-8-16(15-11(10)17-7)13(4,5)9-14-6/h8H,6,9H2,1-5,7H3. The molecule has 0 unspecified atom stereocenters. The van der Waals surface area contributed by atoms with Gasteiger partial charge >= 0.3 is 0 Å². The van der Waals surface area contributed by atoms with Crippen molar-refractivity contribution in [2.45, 2.75) is 45.6 Å². The van der Waals surface area contributed by atoms with Gasteiger partial charge in [0.2, 0.25) is 5.88 Å². The summed E-state index contributed by atoms with van der Waals surface area (Å²) >= 11 is 0. The lowest BCUT2D eigenvalue weighted by Crippen LogP contribution is -2.30. The van der Waals surface area contributed by atoms with E-state index in [1.807, 2.05) is 10.9 Å². The highest BCUT2D eigenvalue weighted by Gasteiger charge is 2.27. The molecule has 0 saturated carbocycles. The predicted octanol–water partition coefficient (Wildman–Crippen LogP) is 2.62. The van der Waals surface area contributed by atoms with Gasteiger partial charge in [-0.2, -0.15) is 0 Å². The van der Waals surface area contributed by atoms with Gasteiger partial charge < -0.3 is 4.74 Å². The summed E-state index contributed by atoms with van der Waals surface area (Å²) in [6.45, 7) is 14.8. The van der Waals surface area contributed by atoms with E-state index in [9.17, 15) is 0 Å². The monoisotopic (exact) mass is 237 g/mol. The van der Waals surface area contributed by atoms with Crippen LogP contribution in [0.1, 0.15) is 40.2 Å². The second-order valence-corrected chi connectivity index (χ2v) is 5.94. The van der Waals surface area contributed by atoms with Gasteiger partial charge in [-0.3, -0.25) is 9.67 Å². The highest BCUT2D eigenvalue weighted by atomic mass is 16.5. The number of aromatic nitrogens is 2. The van der Waals surface area contributed by atoms with Crippen molar-refractivity contribution in [3.05, 3.63) is 11.8 Å². The molecule has 4 heteroatoms. The van der Waals surface area contributed by atoms with Crippen molar-refractivity contribution in [2.24, 2.45) is 4.99 Å². The van der Waals surface area contributed by atoms with Gasteiger partial charge in [0.25, 0.3) is 0 Å². The first kappa shape index (κ1) is 13.7. The lowest BCUT2D eigenvalue weighted by atomic mass is 9.89. The molecule has 0 aliphatic heterocycles. The molecule has 0 atom stereocenters. The van der Waals surface area contributed by atoms with Gasteiger partial charge in [0.05, 0.1) is 19.2 Å². The molecular weight excluding hydrogens is 214 g/mol. The first-order valence-corrected chi connectivity index (χ1v) is 5.79. The summed E-state index contributed by atoms with van der Waals surface area (Å²) in [6.07, 6.45) is 2.05. The Labute approximate surface area is 104 Å². The summed E-state index contributed by atoms with van der Waals surface area (Å²) in [6, 6.07) is 0. The predicted molar refractivity (Wildman–Crippen MR) is 71.2 cm³/mol. The smallest absolute Gasteiger partial charge is 0.236 e. The molecule has 0 N–H and O–H groups in total. The van der Waals surface area contributed by atoms with Gasteiger partial charge in [-0.05, 0) is 26.0 Å². The molecule has 0 amide bonds. The van der Waals surface area contributed by atoms with Crippen molar-refractivity contribution in [3.63, 3.8) is 0 Å². The van der Waals surface area contributed by atoms with Crippen LogP contribution in [0.2, 0.25) is 0 Å². The van der Waals surface area contributed by atoms with Crippen LogP contribution >= 0.6 is 0 Å². The van der Waals surface area contributed by atoms with Gasteiger partial charge in [0.15, 0.2) is 0 Å². The lowest BCUT2D eigenvalue weighted by Gasteiger charge is -2.23. The molecule has 0 radical (unpaired) electrons. The van der Waals surface area contributed by atoms with Crippen molar-refractivity contribution in [3.8, 4) is 5.88 Å². The number of hydrogen-bond acceptors (Lipinski definition) is 3. The van der Waals surface area contributed by atoms with E-state index in [2.05, 4.69) is 51.4 Å². The van der Waals surface area contributed by atoms with Crippen molar-refractivity contribution in [1.29, 1.82) is 0 Å². The summed E-state index contributed by atoms with van der Waals surface area (Å²) in [7, 11) is 1.65. The average molecular weight is 237 g/mol. The number of hydrogen-bond donors (Lipinski definition) is 0. The maximum atomic E-state index is 5.35. The quantitative estimate of drug-likeness (QED) is 0.755. The first-order chi connectivity index (χ1) is 7.72. The summed E-state index contributed by atoms with van der Waals surface area (Å²) in [4.78, 5) is 3.96. The largest absolute Gasteiger partial charge is 0.480 e. The molecule has 0 aromatic carbocycles. The minimum absolute atomic E-state index is 0.0152. The Bertz CT molecular complexity index is 399. The molecular formula is C13H23N3O. The summed E-state index contributed by atoms with van der Waals surface area (Å²) in [5, 5.41) is 4.49. The number of methoxy groups -OCH3 is 1. The summed E-state index contributed by atoms with van der Waals surface area (Å²) in [5.74, 6) is 0.689. The number of rotatable bonds is 4. The fraction of sp³-hybridized carbons (Fsp3) is 0.692. The first-order valence-electron chi connectivity index (χ1n) is 5.79. The molecule has 1 aromatic rings. The zero-order valence-corrected chi connectivity index (χ0v) is 11.7. The van der Waals surface area contributed by atoms with E-state index in [0.29, 0.717) is 12.4 Å². The third-order valence-corrected chi connectivity index (χ3v) is 2.80. The Kier molecular flexibility index (Phi) is 3.65. The Morgan fingerprint density at radius 2 is 1.94 bits per heavy atom. The topological polar surface area (TPSA) is 39.4 Å². The average Bonchev–Trinajstić information content (AvgIpc) is 2.61. The Morgan fingerprint density at radius 3 is 2.29 bits per heavy atom. The Morgan fingerprint density at radius 1 is 1.35 bits per heavy atom. The zero-order valence-electron chi connectivity index (χ0n) is 11.7. The van der Waals surface area contributed by atoms with E-state index in [4.69, 9.17) is 4.74 Å². The highest BCUT2D eigenvalue weighted by Crippen LogP contribution is 2.32. The molecule has 0 aliphatic rings. The minimum Gasteiger partial charge on any atom is -0.480 e. The van der Waals surface area contributed by atoms with Crippen LogP contribution in [0.3, 0.4) is 0 Å². The normalized spacial score (nSPS) is 12.6. The van der Waals surface area contributed by atoms with E-state index in [0.717, 1.165) is 5.56 Å². The maximum Gasteiger partial charge on any atom is 0.236 e. The van der Waals surface area contributed by atoms with Gasteiger partial charge in [0.1, 0.15) is 0 Å². The Balaban J connectivity index is 3.22. The van der Waals surface area contributed by atoms with Gasteiger partial charge in [0, 0.05) is 11.8 Å². The molecule has 0 aliphatic carbocycles. The van der Waals surface area contributed by atoms with Crippen LogP contribution in [0.4, 0.5) is 0 Å². The fourth-order valence-corrected chi connectivity index (χ4v) is 1.68. The fourth-order valence-electron chi connectivity index (χ4n) is 1.68. The van der Waals surface area contributed by atoms with Crippen molar-refractivity contribution >= 4 is 6.72 Å². The SMILES string of the molecule is C=NCC(C)(C)n1cc(C(C)(C)C)c(OC)n1. The third-order valence-electron chi connectivity index (χ3n) is 2.80. The summed E-state index contributed by atoms with van der Waals surface area (Å²) in [5.41, 5.74) is 0.942. The number of nitrogens with zero attached hydrogens (tertiary/aromatic N) is 3. The van der Waals surface area contributed by atoms with Crippen molar-refractivity contribution in [2.75, 3.05) is 13.7 Å². The van der Waals surface area contributed by atoms with Crippen molar-refractivity contribution < 1.29 is 4.74 Å². The molecule has 0 bridgehead atoms. The summed E-state index contributed by atoms with van der Waals surface area (Å²) < 4.78 is 7.27. The van der Waals surface area contributed by atoms with Crippen LogP contribution in [0, 0.1) is 0 Å². The van der Waals surface area contributed by atoms with E-state index >= 15 is 0 Å². The highest BCUT2D eigenvalue weighted by molar-refractivity contribution is 5.31. The second-order valence-electron chi connectivity index (χ2n) is 5.94. The van der Waals surface area contributed by atoms with Gasteiger partial charge in [-0.1, -0.05) is 20.8 Å². The minimum atomic E-state index is -0.182.